The Bertz CT molecular complexity index is 382. The van der Waals surface area contributed by atoms with Crippen molar-refractivity contribution in [2.45, 2.75) is 40.3 Å². The molecule has 3 heteroatoms. The van der Waals surface area contributed by atoms with E-state index in [1.54, 1.807) is 0 Å². The van der Waals surface area contributed by atoms with Gasteiger partial charge in [0.1, 0.15) is 11.5 Å². The van der Waals surface area contributed by atoms with E-state index in [0.717, 1.165) is 24.6 Å². The van der Waals surface area contributed by atoms with Crippen LogP contribution in [-0.4, -0.2) is 25.0 Å². The summed E-state index contributed by atoms with van der Waals surface area (Å²) in [5.74, 6) is 2.17. The summed E-state index contributed by atoms with van der Waals surface area (Å²) in [6, 6.07) is 2.18. The Hall–Kier alpha value is -0.800. The summed E-state index contributed by atoms with van der Waals surface area (Å²) < 4.78 is 5.88. The number of hydrogen-bond acceptors (Lipinski definition) is 3. The lowest BCUT2D eigenvalue weighted by molar-refractivity contribution is 0.260. The molecule has 1 aromatic heterocycles. The van der Waals surface area contributed by atoms with Crippen molar-refractivity contribution < 1.29 is 4.42 Å². The van der Waals surface area contributed by atoms with Gasteiger partial charge < -0.3 is 9.73 Å². The maximum Gasteiger partial charge on any atom is 0.120 e. The van der Waals surface area contributed by atoms with E-state index in [0.29, 0.717) is 5.41 Å². The van der Waals surface area contributed by atoms with Crippen molar-refractivity contribution >= 4 is 0 Å². The number of nitrogens with zero attached hydrogens (tertiary/aromatic N) is 1. The molecule has 1 aliphatic rings. The van der Waals surface area contributed by atoms with Crippen molar-refractivity contribution in [3.05, 3.63) is 23.2 Å². The number of likely N-dealkylation sites (tertiary alicyclic amines) is 1. The van der Waals surface area contributed by atoms with Crippen molar-refractivity contribution in [1.29, 1.82) is 0 Å². The van der Waals surface area contributed by atoms with Gasteiger partial charge in [0.25, 0.3) is 0 Å². The van der Waals surface area contributed by atoms with Gasteiger partial charge in [-0.15, -0.1) is 0 Å². The molecule has 2 heterocycles. The smallest absolute Gasteiger partial charge is 0.120 e. The molecule has 96 valence electrons. The van der Waals surface area contributed by atoms with Crippen molar-refractivity contribution in [3.63, 3.8) is 0 Å². The molecule has 0 unspecified atom stereocenters. The minimum Gasteiger partial charge on any atom is -0.463 e. The highest BCUT2D eigenvalue weighted by molar-refractivity contribution is 5.20. The van der Waals surface area contributed by atoms with Crippen molar-refractivity contribution in [1.82, 2.24) is 10.2 Å². The molecule has 0 aliphatic carbocycles. The van der Waals surface area contributed by atoms with E-state index in [2.05, 4.69) is 37.1 Å². The number of furan rings is 1. The first-order chi connectivity index (χ1) is 8.00. The standard InChI is InChI=1S/C14H24N2O/c1-11-7-12(17-13(11)8-15-4)9-16-6-5-14(2,3)10-16/h7,15H,5-6,8-10H2,1-4H3. The number of rotatable bonds is 4. The average molecular weight is 236 g/mol. The molecule has 1 N–H and O–H groups in total. The second kappa shape index (κ2) is 4.83. The van der Waals surface area contributed by atoms with Gasteiger partial charge >= 0.3 is 0 Å². The van der Waals surface area contributed by atoms with Gasteiger partial charge in [0, 0.05) is 6.54 Å². The molecule has 0 saturated carbocycles. The zero-order valence-corrected chi connectivity index (χ0v) is 11.5. The van der Waals surface area contributed by atoms with E-state index in [1.165, 1.54) is 25.1 Å². The third kappa shape index (κ3) is 3.11. The Balaban J connectivity index is 1.97. The fourth-order valence-corrected chi connectivity index (χ4v) is 2.58. The first-order valence-corrected chi connectivity index (χ1v) is 6.45. The SMILES string of the molecule is CNCc1oc(CN2CCC(C)(C)C2)cc1C. The van der Waals surface area contributed by atoms with Crippen LogP contribution < -0.4 is 5.32 Å². The quantitative estimate of drug-likeness (QED) is 0.871. The van der Waals surface area contributed by atoms with Crippen molar-refractivity contribution in [2.24, 2.45) is 5.41 Å². The zero-order valence-electron chi connectivity index (χ0n) is 11.5. The van der Waals surface area contributed by atoms with E-state index in [-0.39, 0.29) is 0 Å². The summed E-state index contributed by atoms with van der Waals surface area (Å²) in [6.07, 6.45) is 1.29. The third-order valence-electron chi connectivity index (χ3n) is 3.54. The monoisotopic (exact) mass is 236 g/mol. The maximum absolute atomic E-state index is 5.88. The molecular formula is C14H24N2O. The van der Waals surface area contributed by atoms with Crippen LogP contribution in [0.1, 0.15) is 37.4 Å². The van der Waals surface area contributed by atoms with Crippen molar-refractivity contribution in [2.75, 3.05) is 20.1 Å². The van der Waals surface area contributed by atoms with Crippen LogP contribution in [0.25, 0.3) is 0 Å². The molecule has 0 bridgehead atoms. The summed E-state index contributed by atoms with van der Waals surface area (Å²) in [6.45, 7) is 10.9. The number of aryl methyl sites for hydroxylation is 1. The van der Waals surface area contributed by atoms with Crippen molar-refractivity contribution in [3.8, 4) is 0 Å². The lowest BCUT2D eigenvalue weighted by atomic mass is 9.93. The third-order valence-corrected chi connectivity index (χ3v) is 3.54. The van der Waals surface area contributed by atoms with Crippen LogP contribution >= 0.6 is 0 Å². The van der Waals surface area contributed by atoms with Gasteiger partial charge in [-0.25, -0.2) is 0 Å². The predicted molar refractivity (Wildman–Crippen MR) is 69.9 cm³/mol. The first-order valence-electron chi connectivity index (χ1n) is 6.45. The van der Waals surface area contributed by atoms with Crippen LogP contribution in [0.2, 0.25) is 0 Å². The molecule has 0 aromatic carbocycles. The van der Waals surface area contributed by atoms with E-state index in [9.17, 15) is 0 Å². The van der Waals surface area contributed by atoms with Gasteiger partial charge in [-0.3, -0.25) is 4.90 Å². The van der Waals surface area contributed by atoms with Crippen LogP contribution in [-0.2, 0) is 13.1 Å². The maximum atomic E-state index is 5.88. The van der Waals surface area contributed by atoms with Crippen LogP contribution in [0.5, 0.6) is 0 Å². The molecule has 1 aliphatic heterocycles. The molecule has 1 saturated heterocycles. The number of hydrogen-bond donors (Lipinski definition) is 1. The predicted octanol–water partition coefficient (Wildman–Crippen LogP) is 2.54. The Morgan fingerprint density at radius 3 is 2.82 bits per heavy atom. The summed E-state index contributed by atoms with van der Waals surface area (Å²) in [5.41, 5.74) is 1.72. The molecule has 2 rings (SSSR count). The number of nitrogens with one attached hydrogen (secondary N) is 1. The molecule has 0 amide bonds. The largest absolute Gasteiger partial charge is 0.463 e. The molecule has 0 radical (unpaired) electrons. The van der Waals surface area contributed by atoms with Gasteiger partial charge in [0.2, 0.25) is 0 Å². The van der Waals surface area contributed by atoms with Crippen LogP contribution in [0, 0.1) is 12.3 Å². The minimum atomic E-state index is 0.468. The molecule has 17 heavy (non-hydrogen) atoms. The van der Waals surface area contributed by atoms with E-state index in [1.807, 2.05) is 7.05 Å². The first kappa shape index (κ1) is 12.7. The lowest BCUT2D eigenvalue weighted by Gasteiger charge is -2.18. The second-order valence-corrected chi connectivity index (χ2v) is 5.97. The summed E-state index contributed by atoms with van der Waals surface area (Å²) in [5, 5.41) is 3.14. The molecule has 1 aromatic rings. The topological polar surface area (TPSA) is 28.4 Å². The average Bonchev–Trinajstić information content (AvgIpc) is 2.72. The molecule has 0 atom stereocenters. The van der Waals surface area contributed by atoms with Gasteiger partial charge in [-0.1, -0.05) is 13.8 Å². The molecular weight excluding hydrogens is 212 g/mol. The Kier molecular flexibility index (Phi) is 3.59. The molecule has 0 spiro atoms. The van der Waals surface area contributed by atoms with E-state index < -0.39 is 0 Å². The Morgan fingerprint density at radius 1 is 1.47 bits per heavy atom. The fraction of sp³-hybridized carbons (Fsp3) is 0.714. The van der Waals surface area contributed by atoms with Gasteiger partial charge in [0.05, 0.1) is 13.1 Å². The van der Waals surface area contributed by atoms with Gasteiger partial charge in [-0.2, -0.15) is 0 Å². The fourth-order valence-electron chi connectivity index (χ4n) is 2.58. The van der Waals surface area contributed by atoms with E-state index in [4.69, 9.17) is 4.42 Å². The van der Waals surface area contributed by atoms with Gasteiger partial charge in [-0.05, 0) is 44.0 Å². The normalized spacial score (nSPS) is 20.0. The summed E-state index contributed by atoms with van der Waals surface area (Å²) in [7, 11) is 1.95. The summed E-state index contributed by atoms with van der Waals surface area (Å²) >= 11 is 0. The molecule has 1 fully saturated rings. The van der Waals surface area contributed by atoms with Crippen LogP contribution in [0.4, 0.5) is 0 Å². The van der Waals surface area contributed by atoms with Crippen LogP contribution in [0.3, 0.4) is 0 Å². The van der Waals surface area contributed by atoms with E-state index >= 15 is 0 Å². The van der Waals surface area contributed by atoms with Crippen LogP contribution in [0.15, 0.2) is 10.5 Å². The Labute approximate surface area is 104 Å². The minimum absolute atomic E-state index is 0.468. The highest BCUT2D eigenvalue weighted by Crippen LogP contribution is 2.30. The second-order valence-electron chi connectivity index (χ2n) is 5.97. The van der Waals surface area contributed by atoms with Gasteiger partial charge in [0.15, 0.2) is 0 Å². The lowest BCUT2D eigenvalue weighted by Crippen LogP contribution is -2.22. The zero-order chi connectivity index (χ0) is 12.5. The highest BCUT2D eigenvalue weighted by Gasteiger charge is 2.29. The highest BCUT2D eigenvalue weighted by atomic mass is 16.3. The Morgan fingerprint density at radius 2 is 2.24 bits per heavy atom. The molecule has 3 nitrogen and oxygen atoms in total. The summed E-state index contributed by atoms with van der Waals surface area (Å²) in [4.78, 5) is 2.49.